The summed E-state index contributed by atoms with van der Waals surface area (Å²) in [7, 11) is 0. The molecular weight excluding hydrogens is 877 g/mol. The van der Waals surface area contributed by atoms with Gasteiger partial charge in [-0.1, -0.05) is 292 Å². The second kappa shape index (κ2) is 25.5. The molecule has 10 aromatic carbocycles. The SMILES string of the molecule is CCC(C)c1ccc(-c2ccccc2)cc1.CCCc1ccc2c(c1)Cc1ccccc1-2.Cc1ccc(-c2ccc(C)cc2)cc1.Cc1ccc(-c2ccccc2)cc1.Cc1ccc2c(c1)Cc1ccccc1-2. The molecule has 0 spiro atoms. The first kappa shape index (κ1) is 51.6. The monoisotopic (exact) mass is 949 g/mol. The summed E-state index contributed by atoms with van der Waals surface area (Å²) in [6, 6.07) is 86.9. The molecule has 0 saturated heterocycles. The molecule has 364 valence electrons. The van der Waals surface area contributed by atoms with Crippen LogP contribution in [0.2, 0.25) is 0 Å². The Morgan fingerprint density at radius 2 is 0.658 bits per heavy atom. The van der Waals surface area contributed by atoms with Crippen molar-refractivity contribution in [1.82, 2.24) is 0 Å². The van der Waals surface area contributed by atoms with E-state index in [9.17, 15) is 0 Å². The third-order valence-electron chi connectivity index (χ3n) is 14.1. The zero-order valence-electron chi connectivity index (χ0n) is 44.2. The largest absolute Gasteiger partial charge is 0.0651 e. The molecule has 0 N–H and O–H groups in total. The summed E-state index contributed by atoms with van der Waals surface area (Å²) in [4.78, 5) is 0. The maximum absolute atomic E-state index is 2.39. The lowest BCUT2D eigenvalue weighted by Gasteiger charge is -2.09. The quantitative estimate of drug-likeness (QED) is 0.149. The highest BCUT2D eigenvalue weighted by atomic mass is 14.2. The molecule has 0 bridgehead atoms. The van der Waals surface area contributed by atoms with Crippen LogP contribution < -0.4 is 0 Å². The minimum Gasteiger partial charge on any atom is -0.0651 e. The highest BCUT2D eigenvalue weighted by Crippen LogP contribution is 2.38. The Kier molecular flexibility index (Phi) is 18.0. The smallest absolute Gasteiger partial charge is 0.00134 e. The first-order valence-electron chi connectivity index (χ1n) is 26.4. The first-order chi connectivity index (χ1) is 35.6. The summed E-state index contributed by atoms with van der Waals surface area (Å²) in [5.41, 5.74) is 27.6. The van der Waals surface area contributed by atoms with E-state index < -0.39 is 0 Å². The van der Waals surface area contributed by atoms with Crippen molar-refractivity contribution in [2.45, 2.75) is 86.5 Å². The van der Waals surface area contributed by atoms with Crippen LogP contribution in [0, 0.1) is 27.7 Å². The fraction of sp³-hybridized carbons (Fsp3) is 0.178. The molecule has 0 saturated carbocycles. The minimum atomic E-state index is 0.657. The van der Waals surface area contributed by atoms with Crippen LogP contribution in [0.5, 0.6) is 0 Å². The maximum Gasteiger partial charge on any atom is -0.00134 e. The van der Waals surface area contributed by atoms with Gasteiger partial charge in [0.2, 0.25) is 0 Å². The highest BCUT2D eigenvalue weighted by molar-refractivity contribution is 5.78. The zero-order valence-corrected chi connectivity index (χ0v) is 44.2. The summed E-state index contributed by atoms with van der Waals surface area (Å²) >= 11 is 0. The molecule has 1 atom stereocenters. The van der Waals surface area contributed by atoms with Crippen molar-refractivity contribution in [1.29, 1.82) is 0 Å². The van der Waals surface area contributed by atoms with Crippen molar-refractivity contribution in [2.24, 2.45) is 0 Å². The van der Waals surface area contributed by atoms with E-state index in [2.05, 4.69) is 285 Å². The topological polar surface area (TPSA) is 0 Å². The normalized spacial score (nSPS) is 11.5. The van der Waals surface area contributed by atoms with Crippen LogP contribution in [0.15, 0.2) is 243 Å². The van der Waals surface area contributed by atoms with E-state index in [1.54, 1.807) is 0 Å². The Bertz CT molecular complexity index is 3220. The lowest BCUT2D eigenvalue weighted by atomic mass is 9.96. The maximum atomic E-state index is 2.39. The molecular formula is C73H72. The Labute approximate surface area is 438 Å². The van der Waals surface area contributed by atoms with Gasteiger partial charge >= 0.3 is 0 Å². The predicted octanol–water partition coefficient (Wildman–Crippen LogP) is 20.3. The number of aryl methyl sites for hydroxylation is 5. The molecule has 0 aromatic heterocycles. The van der Waals surface area contributed by atoms with Crippen LogP contribution in [0.4, 0.5) is 0 Å². The van der Waals surface area contributed by atoms with Crippen molar-refractivity contribution < 1.29 is 0 Å². The molecule has 0 radical (unpaired) electrons. The third kappa shape index (κ3) is 14.0. The summed E-state index contributed by atoms with van der Waals surface area (Å²) in [6.07, 6.45) is 5.84. The van der Waals surface area contributed by atoms with Crippen LogP contribution in [0.3, 0.4) is 0 Å². The van der Waals surface area contributed by atoms with Crippen LogP contribution in [-0.4, -0.2) is 0 Å². The first-order valence-corrected chi connectivity index (χ1v) is 26.4. The van der Waals surface area contributed by atoms with Gasteiger partial charge in [-0.3, -0.25) is 0 Å². The van der Waals surface area contributed by atoms with Gasteiger partial charge in [0.15, 0.2) is 0 Å². The summed E-state index contributed by atoms with van der Waals surface area (Å²) in [5.74, 6) is 0.657. The Hall–Kier alpha value is -7.80. The fourth-order valence-electron chi connectivity index (χ4n) is 9.66. The molecule has 0 nitrogen and oxygen atoms in total. The van der Waals surface area contributed by atoms with Gasteiger partial charge in [-0.05, 0) is 148 Å². The predicted molar refractivity (Wildman–Crippen MR) is 317 cm³/mol. The average Bonchev–Trinajstić information content (AvgIpc) is 4.00. The number of hydrogen-bond acceptors (Lipinski definition) is 0. The van der Waals surface area contributed by atoms with E-state index in [4.69, 9.17) is 0 Å². The number of benzene rings is 10. The fourth-order valence-corrected chi connectivity index (χ4v) is 9.66. The third-order valence-corrected chi connectivity index (χ3v) is 14.1. The van der Waals surface area contributed by atoms with Crippen molar-refractivity contribution in [2.75, 3.05) is 0 Å². The molecule has 0 heterocycles. The van der Waals surface area contributed by atoms with E-state index >= 15 is 0 Å². The molecule has 1 unspecified atom stereocenters. The second-order valence-electron chi connectivity index (χ2n) is 19.8. The average molecular weight is 949 g/mol. The van der Waals surface area contributed by atoms with Crippen LogP contribution in [0.1, 0.15) is 95.2 Å². The summed E-state index contributed by atoms with van der Waals surface area (Å²) < 4.78 is 0. The Morgan fingerprint density at radius 3 is 1.08 bits per heavy atom. The second-order valence-corrected chi connectivity index (χ2v) is 19.8. The van der Waals surface area contributed by atoms with Gasteiger partial charge in [0.25, 0.3) is 0 Å². The molecule has 2 aliphatic rings. The van der Waals surface area contributed by atoms with E-state index in [-0.39, 0.29) is 0 Å². The summed E-state index contributed by atoms with van der Waals surface area (Å²) in [6.45, 7) is 15.2. The van der Waals surface area contributed by atoms with Crippen molar-refractivity contribution in [3.8, 4) is 55.6 Å². The van der Waals surface area contributed by atoms with Crippen LogP contribution >= 0.6 is 0 Å². The van der Waals surface area contributed by atoms with Crippen LogP contribution in [0.25, 0.3) is 55.6 Å². The number of fused-ring (bicyclic) bond motifs is 6. The summed E-state index contributed by atoms with van der Waals surface area (Å²) in [5, 5.41) is 0. The van der Waals surface area contributed by atoms with E-state index in [0.29, 0.717) is 5.92 Å². The van der Waals surface area contributed by atoms with Gasteiger partial charge in [-0.15, -0.1) is 0 Å². The van der Waals surface area contributed by atoms with E-state index in [0.717, 1.165) is 12.8 Å². The van der Waals surface area contributed by atoms with Gasteiger partial charge < -0.3 is 0 Å². The number of rotatable bonds is 7. The molecule has 10 aromatic rings. The van der Waals surface area contributed by atoms with Gasteiger partial charge in [0, 0.05) is 0 Å². The number of hydrogen-bond donors (Lipinski definition) is 0. The highest BCUT2D eigenvalue weighted by Gasteiger charge is 2.18. The molecule has 0 fully saturated rings. The Balaban J connectivity index is 0.000000122. The van der Waals surface area contributed by atoms with Gasteiger partial charge in [-0.25, -0.2) is 0 Å². The van der Waals surface area contributed by atoms with Crippen molar-refractivity contribution in [3.63, 3.8) is 0 Å². The Morgan fingerprint density at radius 1 is 0.315 bits per heavy atom. The lowest BCUT2D eigenvalue weighted by Crippen LogP contribution is -1.90. The standard InChI is InChI=1S/C16H16.C16H18.C14H12.C14H14.C13H12/c1-2-5-12-8-9-16-14(10-12)11-13-6-3-4-7-15(13)16;1-3-13(2)14-9-11-16(12-10-14)15-7-5-4-6-8-15;1-10-6-7-14-12(8-10)9-11-4-2-3-5-13(11)14;1-11-3-7-13(8-4-11)14-9-5-12(2)6-10-14;1-11-7-9-13(10-8-11)12-5-3-2-4-6-12/h3-4,6-10H,2,5,11H2,1H3;4-13H,3H2,1-2H3;2-8H,9H2,1H3;3-10H,1-2H3;2-10H,1H3. The van der Waals surface area contributed by atoms with Gasteiger partial charge in [-0.2, -0.15) is 0 Å². The van der Waals surface area contributed by atoms with Crippen LogP contribution in [-0.2, 0) is 19.3 Å². The van der Waals surface area contributed by atoms with Gasteiger partial charge in [0.05, 0.1) is 0 Å². The molecule has 12 rings (SSSR count). The molecule has 0 aliphatic heterocycles. The van der Waals surface area contributed by atoms with E-state index in [1.807, 2.05) is 6.07 Å². The zero-order chi connectivity index (χ0) is 50.9. The van der Waals surface area contributed by atoms with E-state index in [1.165, 1.54) is 131 Å². The molecule has 0 heteroatoms. The molecule has 2 aliphatic carbocycles. The van der Waals surface area contributed by atoms with Crippen molar-refractivity contribution in [3.05, 3.63) is 298 Å². The lowest BCUT2D eigenvalue weighted by molar-refractivity contribution is 0.734. The molecule has 73 heavy (non-hydrogen) atoms. The minimum absolute atomic E-state index is 0.657. The van der Waals surface area contributed by atoms with Crippen molar-refractivity contribution >= 4 is 0 Å². The van der Waals surface area contributed by atoms with Gasteiger partial charge in [0.1, 0.15) is 0 Å². The molecule has 0 amide bonds.